The molecule has 0 saturated heterocycles. The summed E-state index contributed by atoms with van der Waals surface area (Å²) in [5.41, 5.74) is 2.93. The minimum atomic E-state index is -0.304. The highest BCUT2D eigenvalue weighted by Crippen LogP contribution is 2.38. The van der Waals surface area contributed by atoms with Gasteiger partial charge in [0.15, 0.2) is 0 Å². The van der Waals surface area contributed by atoms with Gasteiger partial charge in [-0.1, -0.05) is 24.3 Å². The third kappa shape index (κ3) is 1.90. The molecule has 0 N–H and O–H groups in total. The molecule has 18 heavy (non-hydrogen) atoms. The molecule has 2 nitrogen and oxygen atoms in total. The van der Waals surface area contributed by atoms with Gasteiger partial charge in [0.1, 0.15) is 11.4 Å². The van der Waals surface area contributed by atoms with Gasteiger partial charge in [-0.2, -0.15) is 0 Å². The molecule has 0 bridgehead atoms. The van der Waals surface area contributed by atoms with Crippen LogP contribution in [0.4, 0.5) is 0 Å². The van der Waals surface area contributed by atoms with Crippen molar-refractivity contribution < 1.29 is 4.74 Å². The van der Waals surface area contributed by atoms with Crippen LogP contribution in [0, 0.1) is 0 Å². The van der Waals surface area contributed by atoms with E-state index >= 15 is 0 Å². The van der Waals surface area contributed by atoms with Crippen LogP contribution in [0.2, 0.25) is 0 Å². The lowest BCUT2D eigenvalue weighted by atomic mass is 9.92. The fraction of sp³-hybridized carbons (Fsp3) is 0.188. The Hall–Kier alpha value is -2.09. The van der Waals surface area contributed by atoms with Crippen LogP contribution in [-0.2, 0) is 0 Å². The Morgan fingerprint density at radius 2 is 1.78 bits per heavy atom. The summed E-state index contributed by atoms with van der Waals surface area (Å²) >= 11 is 0. The van der Waals surface area contributed by atoms with E-state index in [1.165, 1.54) is 0 Å². The number of ether oxygens (including phenoxy) is 1. The number of pyridine rings is 1. The molecule has 1 aliphatic heterocycles. The molecular weight excluding hydrogens is 222 g/mol. The molecule has 0 spiro atoms. The van der Waals surface area contributed by atoms with Crippen LogP contribution in [-0.4, -0.2) is 10.6 Å². The average Bonchev–Trinajstić information content (AvgIpc) is 2.38. The van der Waals surface area contributed by atoms with Crippen molar-refractivity contribution >= 4 is 5.57 Å². The van der Waals surface area contributed by atoms with Crippen molar-refractivity contribution in [1.29, 1.82) is 0 Å². The first-order valence-electron chi connectivity index (χ1n) is 6.08. The van der Waals surface area contributed by atoms with Crippen LogP contribution in [0.3, 0.4) is 0 Å². The smallest absolute Gasteiger partial charge is 0.128 e. The second kappa shape index (κ2) is 3.98. The Bertz CT molecular complexity index is 600. The molecule has 2 heterocycles. The van der Waals surface area contributed by atoms with E-state index in [9.17, 15) is 0 Å². The highest BCUT2D eigenvalue weighted by molar-refractivity contribution is 5.83. The molecule has 0 amide bonds. The van der Waals surface area contributed by atoms with Gasteiger partial charge in [-0.25, -0.2) is 0 Å². The highest BCUT2D eigenvalue weighted by atomic mass is 16.5. The van der Waals surface area contributed by atoms with Crippen molar-refractivity contribution in [2.75, 3.05) is 0 Å². The number of rotatable bonds is 1. The van der Waals surface area contributed by atoms with Gasteiger partial charge in [-0.15, -0.1) is 0 Å². The normalized spacial score (nSPS) is 16.4. The Labute approximate surface area is 107 Å². The SMILES string of the molecule is CC1(C)C=C(c2ccccn2)c2ccccc2O1. The Morgan fingerprint density at radius 1 is 1.00 bits per heavy atom. The third-order valence-electron chi connectivity index (χ3n) is 2.98. The van der Waals surface area contributed by atoms with Gasteiger partial charge < -0.3 is 4.74 Å². The van der Waals surface area contributed by atoms with Crippen molar-refractivity contribution in [1.82, 2.24) is 4.98 Å². The van der Waals surface area contributed by atoms with Crippen LogP contribution in [0.5, 0.6) is 5.75 Å². The number of para-hydroxylation sites is 1. The number of hydrogen-bond acceptors (Lipinski definition) is 2. The second-order valence-corrected chi connectivity index (χ2v) is 4.97. The fourth-order valence-electron chi connectivity index (χ4n) is 2.25. The Morgan fingerprint density at radius 3 is 2.56 bits per heavy atom. The zero-order valence-electron chi connectivity index (χ0n) is 10.6. The maximum atomic E-state index is 5.97. The lowest BCUT2D eigenvalue weighted by Gasteiger charge is -2.30. The fourth-order valence-corrected chi connectivity index (χ4v) is 2.25. The summed E-state index contributed by atoms with van der Waals surface area (Å²) in [4.78, 5) is 4.44. The van der Waals surface area contributed by atoms with Crippen molar-refractivity contribution in [3.63, 3.8) is 0 Å². The second-order valence-electron chi connectivity index (χ2n) is 4.97. The van der Waals surface area contributed by atoms with Crippen molar-refractivity contribution in [3.8, 4) is 5.75 Å². The molecule has 1 aliphatic rings. The minimum Gasteiger partial charge on any atom is -0.483 e. The molecule has 0 unspecified atom stereocenters. The van der Waals surface area contributed by atoms with E-state index in [2.05, 4.69) is 31.0 Å². The van der Waals surface area contributed by atoms with Crippen LogP contribution in [0.15, 0.2) is 54.7 Å². The number of fused-ring (bicyclic) bond motifs is 1. The number of benzene rings is 1. The van der Waals surface area contributed by atoms with E-state index < -0.39 is 0 Å². The van der Waals surface area contributed by atoms with Crippen molar-refractivity contribution in [2.24, 2.45) is 0 Å². The largest absolute Gasteiger partial charge is 0.483 e. The van der Waals surface area contributed by atoms with Crippen molar-refractivity contribution in [2.45, 2.75) is 19.4 Å². The van der Waals surface area contributed by atoms with Gasteiger partial charge in [0, 0.05) is 17.3 Å². The third-order valence-corrected chi connectivity index (χ3v) is 2.98. The number of hydrogen-bond donors (Lipinski definition) is 0. The summed E-state index contributed by atoms with van der Waals surface area (Å²) in [6.45, 7) is 4.12. The monoisotopic (exact) mass is 237 g/mol. The topological polar surface area (TPSA) is 22.1 Å². The summed E-state index contributed by atoms with van der Waals surface area (Å²) in [6.07, 6.45) is 3.96. The molecule has 2 heteroatoms. The summed E-state index contributed by atoms with van der Waals surface area (Å²) in [5, 5.41) is 0. The van der Waals surface area contributed by atoms with E-state index in [1.807, 2.05) is 42.6 Å². The van der Waals surface area contributed by atoms with Crippen LogP contribution < -0.4 is 4.74 Å². The van der Waals surface area contributed by atoms with E-state index in [4.69, 9.17) is 4.74 Å². The van der Waals surface area contributed by atoms with E-state index in [0.717, 1.165) is 22.6 Å². The van der Waals surface area contributed by atoms with Gasteiger partial charge in [-0.3, -0.25) is 4.98 Å². The molecule has 0 atom stereocenters. The first-order chi connectivity index (χ1) is 8.66. The molecule has 0 saturated carbocycles. The van der Waals surface area contributed by atoms with E-state index in [-0.39, 0.29) is 5.60 Å². The predicted molar refractivity (Wildman–Crippen MR) is 72.5 cm³/mol. The number of aromatic nitrogens is 1. The Kier molecular flexibility index (Phi) is 2.44. The van der Waals surface area contributed by atoms with E-state index in [0.29, 0.717) is 0 Å². The first kappa shape index (κ1) is 11.0. The quantitative estimate of drug-likeness (QED) is 0.754. The van der Waals surface area contributed by atoms with Gasteiger partial charge >= 0.3 is 0 Å². The Balaban J connectivity index is 2.20. The van der Waals surface area contributed by atoms with Crippen LogP contribution >= 0.6 is 0 Å². The zero-order valence-corrected chi connectivity index (χ0v) is 10.6. The first-order valence-corrected chi connectivity index (χ1v) is 6.08. The molecule has 1 aromatic carbocycles. The predicted octanol–water partition coefficient (Wildman–Crippen LogP) is 3.68. The van der Waals surface area contributed by atoms with Gasteiger partial charge in [-0.05, 0) is 38.1 Å². The van der Waals surface area contributed by atoms with Crippen molar-refractivity contribution in [3.05, 3.63) is 66.0 Å². The van der Waals surface area contributed by atoms with Gasteiger partial charge in [0.2, 0.25) is 0 Å². The molecule has 0 radical (unpaired) electrons. The molecule has 2 aromatic rings. The molecular formula is C16H15NO. The molecule has 3 rings (SSSR count). The summed E-state index contributed by atoms with van der Waals surface area (Å²) < 4.78 is 5.97. The average molecular weight is 237 g/mol. The summed E-state index contributed by atoms with van der Waals surface area (Å²) in [6, 6.07) is 14.1. The number of nitrogens with zero attached hydrogens (tertiary/aromatic N) is 1. The maximum absolute atomic E-state index is 5.97. The molecule has 1 aromatic heterocycles. The summed E-state index contributed by atoms with van der Waals surface area (Å²) in [5.74, 6) is 0.922. The van der Waals surface area contributed by atoms with Crippen LogP contribution in [0.25, 0.3) is 5.57 Å². The van der Waals surface area contributed by atoms with E-state index in [1.54, 1.807) is 0 Å². The van der Waals surface area contributed by atoms with Crippen LogP contribution in [0.1, 0.15) is 25.1 Å². The maximum Gasteiger partial charge on any atom is 0.128 e. The standard InChI is InChI=1S/C16H15NO/c1-16(2)11-13(14-8-5-6-10-17-14)12-7-3-4-9-15(12)18-16/h3-11H,1-2H3. The lowest BCUT2D eigenvalue weighted by Crippen LogP contribution is -2.29. The lowest BCUT2D eigenvalue weighted by molar-refractivity contribution is 0.158. The molecule has 90 valence electrons. The zero-order chi connectivity index (χ0) is 12.6. The minimum absolute atomic E-state index is 0.304. The molecule has 0 aliphatic carbocycles. The summed E-state index contributed by atoms with van der Waals surface area (Å²) in [7, 11) is 0. The molecule has 0 fully saturated rings. The van der Waals surface area contributed by atoms with Gasteiger partial charge in [0.25, 0.3) is 0 Å². The highest BCUT2D eigenvalue weighted by Gasteiger charge is 2.27. The van der Waals surface area contributed by atoms with Gasteiger partial charge in [0.05, 0.1) is 5.69 Å².